The zero-order valence-corrected chi connectivity index (χ0v) is 14.2. The van der Waals surface area contributed by atoms with Crippen molar-refractivity contribution >= 4 is 23.7 Å². The van der Waals surface area contributed by atoms with Crippen LogP contribution in [0, 0.1) is 22.6 Å². The summed E-state index contributed by atoms with van der Waals surface area (Å²) in [4.78, 5) is 8.21. The van der Waals surface area contributed by atoms with Crippen molar-refractivity contribution in [1.82, 2.24) is 9.97 Å². The molecule has 0 amide bonds. The van der Waals surface area contributed by atoms with Crippen LogP contribution in [-0.2, 0) is 6.54 Å². The number of nitrogen functional groups attached to an aromatic ring is 2. The average Bonchev–Trinajstić information content (AvgIpc) is 2.67. The first kappa shape index (κ1) is 17.8. The molecule has 8 heteroatoms. The van der Waals surface area contributed by atoms with Gasteiger partial charge in [0.25, 0.3) is 0 Å². The third-order valence-electron chi connectivity index (χ3n) is 3.92. The predicted molar refractivity (Wildman–Crippen MR) is 103 cm³/mol. The number of hydrogen-bond acceptors (Lipinski definition) is 7. The van der Waals surface area contributed by atoms with E-state index in [2.05, 4.69) is 15.3 Å². The summed E-state index contributed by atoms with van der Waals surface area (Å²) in [5.41, 5.74) is 13.4. The number of halogens is 1. The van der Waals surface area contributed by atoms with Crippen molar-refractivity contribution in [2.45, 2.75) is 6.54 Å². The Morgan fingerprint density at radius 1 is 1.15 bits per heavy atom. The topological polar surface area (TPSA) is 137 Å². The molecule has 3 aromatic rings. The molecule has 0 aliphatic heterocycles. The van der Waals surface area contributed by atoms with Gasteiger partial charge in [-0.25, -0.2) is 9.37 Å². The Bertz CT molecular complexity index is 1040. The van der Waals surface area contributed by atoms with Crippen molar-refractivity contribution in [2.24, 2.45) is 0 Å². The number of nitrogens with zero attached hydrogens (tertiary/aromatic N) is 3. The minimum absolute atomic E-state index is 0.0721. The molecule has 0 spiro atoms. The van der Waals surface area contributed by atoms with E-state index in [9.17, 15) is 4.39 Å². The molecule has 0 atom stereocenters. The van der Waals surface area contributed by atoms with Crippen LogP contribution in [0.2, 0.25) is 0 Å². The lowest BCUT2D eigenvalue weighted by atomic mass is 10.0. The highest BCUT2D eigenvalue weighted by atomic mass is 19.1. The molecule has 2 aromatic carbocycles. The maximum absolute atomic E-state index is 14.6. The maximum atomic E-state index is 14.6. The molecule has 0 saturated heterocycles. The van der Waals surface area contributed by atoms with Crippen LogP contribution < -0.4 is 16.8 Å². The molecular formula is C19H16FN7. The minimum atomic E-state index is -0.717. The van der Waals surface area contributed by atoms with Gasteiger partial charge in [-0.1, -0.05) is 18.2 Å². The number of anilines is 3. The Balaban J connectivity index is 2.03. The van der Waals surface area contributed by atoms with E-state index in [0.29, 0.717) is 18.1 Å². The number of nitrogens with two attached hydrogens (primary N) is 2. The van der Waals surface area contributed by atoms with Gasteiger partial charge in [-0.15, -0.1) is 0 Å². The number of hydrogen-bond donors (Lipinski definition) is 4. The van der Waals surface area contributed by atoms with Crippen molar-refractivity contribution in [2.75, 3.05) is 16.8 Å². The van der Waals surface area contributed by atoms with Crippen molar-refractivity contribution in [3.63, 3.8) is 0 Å². The van der Waals surface area contributed by atoms with Gasteiger partial charge >= 0.3 is 0 Å². The highest BCUT2D eigenvalue weighted by molar-refractivity contribution is 5.93. The molecule has 7 nitrogen and oxygen atoms in total. The molecule has 6 N–H and O–H groups in total. The van der Waals surface area contributed by atoms with Crippen LogP contribution in [-0.4, -0.2) is 16.2 Å². The first-order chi connectivity index (χ1) is 13.0. The SMILES string of the molecule is N#Cc1cccc(-c2nc(N)nc(NCc3ccc(N)cc3)c2C=N)c1F. The molecule has 0 fully saturated rings. The number of benzene rings is 2. The highest BCUT2D eigenvalue weighted by Crippen LogP contribution is 2.29. The summed E-state index contributed by atoms with van der Waals surface area (Å²) in [6.45, 7) is 0.401. The minimum Gasteiger partial charge on any atom is -0.399 e. The molecule has 134 valence electrons. The summed E-state index contributed by atoms with van der Waals surface area (Å²) in [5, 5.41) is 19.9. The lowest BCUT2D eigenvalue weighted by Gasteiger charge is -2.14. The number of nitriles is 1. The molecule has 0 aliphatic carbocycles. The lowest BCUT2D eigenvalue weighted by molar-refractivity contribution is 0.627. The van der Waals surface area contributed by atoms with Crippen LogP contribution in [0.3, 0.4) is 0 Å². The molecule has 27 heavy (non-hydrogen) atoms. The van der Waals surface area contributed by atoms with Gasteiger partial charge in [0.05, 0.1) is 16.8 Å². The van der Waals surface area contributed by atoms with E-state index in [1.165, 1.54) is 12.1 Å². The zero-order chi connectivity index (χ0) is 19.4. The normalized spacial score (nSPS) is 10.2. The van der Waals surface area contributed by atoms with Crippen LogP contribution in [0.15, 0.2) is 42.5 Å². The molecule has 1 aromatic heterocycles. The van der Waals surface area contributed by atoms with E-state index in [0.717, 1.165) is 11.8 Å². The molecule has 0 unspecified atom stereocenters. The molecule has 3 rings (SSSR count). The van der Waals surface area contributed by atoms with Gasteiger partial charge in [0.15, 0.2) is 0 Å². The Labute approximate surface area is 155 Å². The van der Waals surface area contributed by atoms with Crippen molar-refractivity contribution in [3.05, 3.63) is 65.0 Å². The lowest BCUT2D eigenvalue weighted by Crippen LogP contribution is -2.10. The van der Waals surface area contributed by atoms with E-state index in [4.69, 9.17) is 22.1 Å². The van der Waals surface area contributed by atoms with Gasteiger partial charge in [-0.05, 0) is 29.8 Å². The van der Waals surface area contributed by atoms with E-state index in [1.807, 2.05) is 12.1 Å². The Hall–Kier alpha value is -3.99. The van der Waals surface area contributed by atoms with E-state index in [1.54, 1.807) is 24.3 Å². The van der Waals surface area contributed by atoms with Gasteiger partial charge in [0.1, 0.15) is 17.7 Å². The third-order valence-corrected chi connectivity index (χ3v) is 3.92. The standard InChI is InChI=1S/C19H16FN7/c20-16-12(8-21)2-1-3-14(16)17-15(9-22)18(27-19(24)26-17)25-10-11-4-6-13(23)7-5-11/h1-7,9,22H,10,23H2,(H3,24,25,26,27). The Morgan fingerprint density at radius 3 is 2.56 bits per heavy atom. The van der Waals surface area contributed by atoms with E-state index >= 15 is 0 Å². The first-order valence-corrected chi connectivity index (χ1v) is 7.98. The van der Waals surface area contributed by atoms with Gasteiger partial charge in [0.2, 0.25) is 5.95 Å². The van der Waals surface area contributed by atoms with Crippen molar-refractivity contribution in [3.8, 4) is 17.3 Å². The summed E-state index contributed by atoms with van der Waals surface area (Å²) in [6.07, 6.45) is 1.03. The summed E-state index contributed by atoms with van der Waals surface area (Å²) in [6, 6.07) is 13.4. The van der Waals surface area contributed by atoms with Crippen LogP contribution in [0.1, 0.15) is 16.7 Å². The van der Waals surface area contributed by atoms with E-state index < -0.39 is 5.82 Å². The molecule has 0 aliphatic rings. The Morgan fingerprint density at radius 2 is 1.89 bits per heavy atom. The van der Waals surface area contributed by atoms with Crippen LogP contribution in [0.25, 0.3) is 11.3 Å². The second-order valence-electron chi connectivity index (χ2n) is 5.71. The summed E-state index contributed by atoms with van der Waals surface area (Å²) >= 11 is 0. The quantitative estimate of drug-likeness (QED) is 0.407. The summed E-state index contributed by atoms with van der Waals surface area (Å²) in [7, 11) is 0. The molecule has 0 saturated carbocycles. The second kappa shape index (κ2) is 7.49. The van der Waals surface area contributed by atoms with Crippen molar-refractivity contribution in [1.29, 1.82) is 10.7 Å². The maximum Gasteiger partial charge on any atom is 0.222 e. The second-order valence-corrected chi connectivity index (χ2v) is 5.71. The largest absolute Gasteiger partial charge is 0.399 e. The fraction of sp³-hybridized carbons (Fsp3) is 0.0526. The highest BCUT2D eigenvalue weighted by Gasteiger charge is 2.18. The molecule has 0 bridgehead atoms. The number of nitrogens with one attached hydrogen (secondary N) is 2. The first-order valence-electron chi connectivity index (χ1n) is 7.98. The van der Waals surface area contributed by atoms with Gasteiger partial charge in [0, 0.05) is 24.0 Å². The van der Waals surface area contributed by atoms with Crippen LogP contribution in [0.4, 0.5) is 21.8 Å². The smallest absolute Gasteiger partial charge is 0.222 e. The third kappa shape index (κ3) is 3.67. The average molecular weight is 361 g/mol. The van der Waals surface area contributed by atoms with Gasteiger partial charge in [-0.3, -0.25) is 0 Å². The number of rotatable bonds is 5. The van der Waals surface area contributed by atoms with E-state index in [-0.39, 0.29) is 28.3 Å². The number of aromatic nitrogens is 2. The summed E-state index contributed by atoms with van der Waals surface area (Å²) in [5.74, 6) is -0.492. The molecule has 0 radical (unpaired) electrons. The van der Waals surface area contributed by atoms with Crippen molar-refractivity contribution < 1.29 is 4.39 Å². The summed E-state index contributed by atoms with van der Waals surface area (Å²) < 4.78 is 14.6. The van der Waals surface area contributed by atoms with Gasteiger partial charge < -0.3 is 22.2 Å². The fourth-order valence-corrected chi connectivity index (χ4v) is 2.59. The Kier molecular flexibility index (Phi) is 4.95. The van der Waals surface area contributed by atoms with Crippen LogP contribution >= 0.6 is 0 Å². The molecular weight excluding hydrogens is 345 g/mol. The van der Waals surface area contributed by atoms with Crippen LogP contribution in [0.5, 0.6) is 0 Å². The monoisotopic (exact) mass is 361 g/mol. The fourth-order valence-electron chi connectivity index (χ4n) is 2.59. The van der Waals surface area contributed by atoms with Gasteiger partial charge in [-0.2, -0.15) is 10.2 Å². The predicted octanol–water partition coefficient (Wildman–Crippen LogP) is 2.93. The zero-order valence-electron chi connectivity index (χ0n) is 14.2. The molecule has 1 heterocycles.